The Morgan fingerprint density at radius 3 is 1.88 bits per heavy atom. The van der Waals surface area contributed by atoms with Crippen LogP contribution in [0.3, 0.4) is 0 Å². The van der Waals surface area contributed by atoms with E-state index in [1.807, 2.05) is 6.08 Å². The third-order valence-electron chi connectivity index (χ3n) is 5.46. The van der Waals surface area contributed by atoms with Crippen molar-refractivity contribution in [2.75, 3.05) is 31.1 Å². The van der Waals surface area contributed by atoms with E-state index in [2.05, 4.69) is 71.8 Å². The van der Waals surface area contributed by atoms with Crippen LogP contribution in [-0.4, -0.2) is 31.1 Å². The Labute approximate surface area is 151 Å². The van der Waals surface area contributed by atoms with Gasteiger partial charge in [0.1, 0.15) is 0 Å². The molecule has 0 N–H and O–H groups in total. The Hall–Kier alpha value is -2.32. The maximum Gasteiger partial charge on any atom is 0.0487 e. The average Bonchev–Trinajstić information content (AvgIpc) is 2.92. The number of nitrogens with zero attached hydrogens (tertiary/aromatic N) is 2. The van der Waals surface area contributed by atoms with Crippen molar-refractivity contribution in [2.24, 2.45) is 0 Å². The number of benzene rings is 2. The van der Waals surface area contributed by atoms with Crippen molar-refractivity contribution < 1.29 is 0 Å². The monoisotopic (exact) mass is 330 g/mol. The van der Waals surface area contributed by atoms with Crippen molar-refractivity contribution in [2.45, 2.75) is 19.8 Å². The molecule has 0 atom stereocenters. The van der Waals surface area contributed by atoms with Crippen LogP contribution in [0.4, 0.5) is 11.4 Å². The minimum absolute atomic E-state index is 0.977. The Balaban J connectivity index is 1.91. The van der Waals surface area contributed by atoms with Gasteiger partial charge in [-0.05, 0) is 43.0 Å². The highest BCUT2D eigenvalue weighted by atomic mass is 15.1. The minimum atomic E-state index is 0.977. The van der Waals surface area contributed by atoms with Crippen LogP contribution in [0, 0.1) is 0 Å². The van der Waals surface area contributed by atoms with Crippen LogP contribution in [0.2, 0.25) is 0 Å². The van der Waals surface area contributed by atoms with E-state index in [9.17, 15) is 0 Å². The summed E-state index contributed by atoms with van der Waals surface area (Å²) in [5.41, 5.74) is 8.59. The zero-order chi connectivity index (χ0) is 17.2. The molecule has 0 spiro atoms. The Bertz CT molecular complexity index is 757. The number of hydrogen-bond donors (Lipinski definition) is 0. The van der Waals surface area contributed by atoms with E-state index in [-0.39, 0.29) is 0 Å². The molecule has 2 heteroatoms. The average molecular weight is 330 g/mol. The summed E-state index contributed by atoms with van der Waals surface area (Å²) in [6.45, 7) is 10.3. The minimum Gasteiger partial charge on any atom is -0.341 e. The molecule has 2 nitrogen and oxygen atoms in total. The van der Waals surface area contributed by atoms with Gasteiger partial charge in [0.15, 0.2) is 0 Å². The van der Waals surface area contributed by atoms with Gasteiger partial charge in [-0.25, -0.2) is 0 Å². The predicted octanol–water partition coefficient (Wildman–Crippen LogP) is 5.35. The van der Waals surface area contributed by atoms with E-state index in [1.165, 1.54) is 33.6 Å². The van der Waals surface area contributed by atoms with Crippen LogP contribution in [0.25, 0.3) is 11.1 Å². The zero-order valence-electron chi connectivity index (χ0n) is 15.0. The largest absolute Gasteiger partial charge is 0.341 e. The number of rotatable bonds is 3. The number of fused-ring (bicyclic) bond motifs is 4. The SMILES string of the molecule is C=CCN1CCC2=C(CC1)c1ccccc1N(CC)c1ccccc12. The van der Waals surface area contributed by atoms with E-state index in [0.717, 1.165) is 39.0 Å². The molecule has 4 rings (SSSR count). The standard InChI is InChI=1S/C23H26N2/c1-3-15-24-16-13-18-19(14-17-24)21-10-6-8-12-23(21)25(4-2)22-11-7-5-9-20(18)22/h3,5-12H,1,4,13-17H2,2H3. The molecule has 128 valence electrons. The fraction of sp³-hybridized carbons (Fsp3) is 0.304. The van der Waals surface area contributed by atoms with Crippen molar-refractivity contribution in [1.82, 2.24) is 4.90 Å². The van der Waals surface area contributed by atoms with E-state index in [1.54, 1.807) is 0 Å². The number of para-hydroxylation sites is 2. The maximum absolute atomic E-state index is 3.92. The molecule has 0 unspecified atom stereocenters. The highest BCUT2D eigenvalue weighted by Gasteiger charge is 2.27. The Morgan fingerprint density at radius 1 is 0.880 bits per heavy atom. The van der Waals surface area contributed by atoms with Gasteiger partial charge in [-0.3, -0.25) is 4.90 Å². The molecule has 0 saturated heterocycles. The van der Waals surface area contributed by atoms with Crippen LogP contribution in [0.1, 0.15) is 30.9 Å². The summed E-state index contributed by atoms with van der Waals surface area (Å²) in [5.74, 6) is 0. The molecular weight excluding hydrogens is 304 g/mol. The molecule has 0 fully saturated rings. The fourth-order valence-corrected chi connectivity index (χ4v) is 4.31. The van der Waals surface area contributed by atoms with Gasteiger partial charge < -0.3 is 4.90 Å². The van der Waals surface area contributed by atoms with E-state index < -0.39 is 0 Å². The molecule has 0 bridgehead atoms. The lowest BCUT2D eigenvalue weighted by Crippen LogP contribution is -2.25. The van der Waals surface area contributed by atoms with Gasteiger partial charge in [0.25, 0.3) is 0 Å². The number of hydrogen-bond acceptors (Lipinski definition) is 2. The third-order valence-corrected chi connectivity index (χ3v) is 5.46. The van der Waals surface area contributed by atoms with Gasteiger partial charge in [0.05, 0.1) is 0 Å². The van der Waals surface area contributed by atoms with Gasteiger partial charge in [0, 0.05) is 48.7 Å². The molecule has 0 radical (unpaired) electrons. The summed E-state index contributed by atoms with van der Waals surface area (Å²) in [6, 6.07) is 17.9. The molecule has 2 aliphatic heterocycles. The molecule has 2 heterocycles. The maximum atomic E-state index is 3.92. The second kappa shape index (κ2) is 6.89. The van der Waals surface area contributed by atoms with Gasteiger partial charge in [0.2, 0.25) is 0 Å². The zero-order valence-corrected chi connectivity index (χ0v) is 15.0. The van der Waals surface area contributed by atoms with Gasteiger partial charge in [-0.1, -0.05) is 42.5 Å². The molecule has 0 saturated carbocycles. The first kappa shape index (κ1) is 16.2. The van der Waals surface area contributed by atoms with E-state index in [4.69, 9.17) is 0 Å². The van der Waals surface area contributed by atoms with Crippen LogP contribution in [-0.2, 0) is 0 Å². The smallest absolute Gasteiger partial charge is 0.0487 e. The molecule has 25 heavy (non-hydrogen) atoms. The summed E-state index contributed by atoms with van der Waals surface area (Å²) in [4.78, 5) is 4.99. The van der Waals surface area contributed by atoms with Crippen molar-refractivity contribution >= 4 is 22.5 Å². The normalized spacial score (nSPS) is 17.2. The van der Waals surface area contributed by atoms with Crippen LogP contribution < -0.4 is 4.90 Å². The Morgan fingerprint density at radius 2 is 1.40 bits per heavy atom. The molecule has 0 aromatic heterocycles. The highest BCUT2D eigenvalue weighted by Crippen LogP contribution is 2.46. The second-order valence-corrected chi connectivity index (χ2v) is 6.82. The lowest BCUT2D eigenvalue weighted by molar-refractivity contribution is 0.322. The van der Waals surface area contributed by atoms with Crippen molar-refractivity contribution in [1.29, 1.82) is 0 Å². The molecular formula is C23H26N2. The van der Waals surface area contributed by atoms with Crippen molar-refractivity contribution in [3.05, 3.63) is 72.3 Å². The molecule has 2 aliphatic rings. The fourth-order valence-electron chi connectivity index (χ4n) is 4.31. The summed E-state index contributed by atoms with van der Waals surface area (Å²) >= 11 is 0. The van der Waals surface area contributed by atoms with Crippen molar-refractivity contribution in [3.8, 4) is 0 Å². The summed E-state index contributed by atoms with van der Waals surface area (Å²) in [6.07, 6.45) is 4.23. The van der Waals surface area contributed by atoms with Gasteiger partial charge in [-0.2, -0.15) is 0 Å². The molecule has 0 amide bonds. The van der Waals surface area contributed by atoms with E-state index in [0.29, 0.717) is 0 Å². The van der Waals surface area contributed by atoms with Crippen LogP contribution >= 0.6 is 0 Å². The molecule has 2 aromatic rings. The second-order valence-electron chi connectivity index (χ2n) is 6.82. The lowest BCUT2D eigenvalue weighted by Gasteiger charge is -2.26. The lowest BCUT2D eigenvalue weighted by atomic mass is 9.91. The van der Waals surface area contributed by atoms with Crippen LogP contribution in [0.5, 0.6) is 0 Å². The molecule has 2 aromatic carbocycles. The summed E-state index contributed by atoms with van der Waals surface area (Å²) < 4.78 is 0. The first-order valence-corrected chi connectivity index (χ1v) is 9.35. The van der Waals surface area contributed by atoms with Crippen molar-refractivity contribution in [3.63, 3.8) is 0 Å². The quantitative estimate of drug-likeness (QED) is 0.700. The molecule has 0 aliphatic carbocycles. The topological polar surface area (TPSA) is 6.48 Å². The van der Waals surface area contributed by atoms with E-state index >= 15 is 0 Å². The first-order chi connectivity index (χ1) is 12.3. The predicted molar refractivity (Wildman–Crippen MR) is 108 cm³/mol. The Kier molecular flexibility index (Phi) is 4.46. The summed E-state index contributed by atoms with van der Waals surface area (Å²) in [7, 11) is 0. The number of anilines is 2. The highest BCUT2D eigenvalue weighted by molar-refractivity contribution is 6.01. The third kappa shape index (κ3) is 2.81. The van der Waals surface area contributed by atoms with Crippen LogP contribution in [0.15, 0.2) is 61.2 Å². The summed E-state index contributed by atoms with van der Waals surface area (Å²) in [5, 5.41) is 0. The first-order valence-electron chi connectivity index (χ1n) is 9.35. The van der Waals surface area contributed by atoms with Gasteiger partial charge >= 0.3 is 0 Å². The van der Waals surface area contributed by atoms with Gasteiger partial charge in [-0.15, -0.1) is 6.58 Å².